The van der Waals surface area contributed by atoms with Gasteiger partial charge in [-0.2, -0.15) is 5.10 Å². The number of hydrogen-bond acceptors (Lipinski definition) is 5. The molecule has 1 aromatic carbocycles. The molecule has 2 aromatic rings. The van der Waals surface area contributed by atoms with Crippen LogP contribution in [0.15, 0.2) is 42.7 Å². The number of hydrogen-bond donors (Lipinski definition) is 2. The zero-order chi connectivity index (χ0) is 19.6. The second kappa shape index (κ2) is 8.75. The Kier molecular flexibility index (Phi) is 6.34. The number of carbonyl (C=O) groups excluding carboxylic acids is 3. The molecule has 0 unspecified atom stereocenters. The summed E-state index contributed by atoms with van der Waals surface area (Å²) in [5, 5.41) is 10.6. The van der Waals surface area contributed by atoms with Crippen LogP contribution in [0.1, 0.15) is 31.2 Å². The predicted molar refractivity (Wildman–Crippen MR) is 109 cm³/mol. The van der Waals surface area contributed by atoms with Gasteiger partial charge in [-0.1, -0.05) is 12.1 Å². The Morgan fingerprint density at radius 2 is 1.76 bits per heavy atom. The lowest BCUT2D eigenvalue weighted by molar-refractivity contribution is -0.139. The van der Waals surface area contributed by atoms with Crippen molar-refractivity contribution in [2.45, 2.75) is 37.8 Å². The van der Waals surface area contributed by atoms with Crippen molar-refractivity contribution in [3.05, 3.63) is 48.3 Å². The van der Waals surface area contributed by atoms with Crippen molar-refractivity contribution >= 4 is 35.8 Å². The summed E-state index contributed by atoms with van der Waals surface area (Å²) >= 11 is 0. The van der Waals surface area contributed by atoms with Crippen LogP contribution in [0.3, 0.4) is 0 Å². The summed E-state index contributed by atoms with van der Waals surface area (Å²) in [6, 6.07) is 9.09. The van der Waals surface area contributed by atoms with Crippen LogP contribution in [0.25, 0.3) is 0 Å². The fraction of sp³-hybridized carbons (Fsp3) is 0.400. The molecule has 0 saturated carbocycles. The van der Waals surface area contributed by atoms with E-state index in [4.69, 9.17) is 0 Å². The highest BCUT2D eigenvalue weighted by Crippen LogP contribution is 2.29. The number of likely N-dealkylation sites (tertiary alicyclic amines) is 1. The van der Waals surface area contributed by atoms with Crippen LogP contribution in [0.2, 0.25) is 0 Å². The quantitative estimate of drug-likeness (QED) is 0.721. The Labute approximate surface area is 175 Å². The molecule has 0 radical (unpaired) electrons. The average molecular weight is 418 g/mol. The van der Waals surface area contributed by atoms with Gasteiger partial charge in [0.1, 0.15) is 5.54 Å². The summed E-state index contributed by atoms with van der Waals surface area (Å²) in [4.78, 5) is 37.9. The maximum atomic E-state index is 13.1. The fourth-order valence-electron chi connectivity index (χ4n) is 3.85. The molecule has 8 nitrogen and oxygen atoms in total. The van der Waals surface area contributed by atoms with Crippen molar-refractivity contribution in [3.63, 3.8) is 0 Å². The summed E-state index contributed by atoms with van der Waals surface area (Å²) in [6.07, 6.45) is 5.43. The summed E-state index contributed by atoms with van der Waals surface area (Å²) in [6.45, 7) is 1.78. The van der Waals surface area contributed by atoms with E-state index in [9.17, 15) is 14.4 Å². The molecular formula is C20H24ClN5O3. The van der Waals surface area contributed by atoms with Gasteiger partial charge in [0.15, 0.2) is 0 Å². The van der Waals surface area contributed by atoms with Gasteiger partial charge in [-0.05, 0) is 49.7 Å². The Balaban J connectivity index is 0.00000240. The van der Waals surface area contributed by atoms with Gasteiger partial charge in [0.2, 0.25) is 11.8 Å². The first-order valence-electron chi connectivity index (χ1n) is 9.53. The van der Waals surface area contributed by atoms with Gasteiger partial charge in [0.25, 0.3) is 5.91 Å². The molecule has 3 amide bonds. The summed E-state index contributed by atoms with van der Waals surface area (Å²) in [7, 11) is 0. The molecule has 0 aliphatic carbocycles. The standard InChI is InChI=1S/C20H23N5O3.ClH/c26-17-6-7-18(27)24(17)14-15-2-4-16(5-3-15)23-19(28)20(8-11-21-12-9-20)25-13-1-10-22-25;/h1-5,10,13,21H,6-9,11-12,14H2,(H,23,28);1H. The number of anilines is 1. The van der Waals surface area contributed by atoms with Crippen LogP contribution in [0.4, 0.5) is 5.69 Å². The largest absolute Gasteiger partial charge is 0.324 e. The van der Waals surface area contributed by atoms with E-state index in [1.165, 1.54) is 4.90 Å². The number of aromatic nitrogens is 2. The topological polar surface area (TPSA) is 96.3 Å². The fourth-order valence-corrected chi connectivity index (χ4v) is 3.85. The predicted octanol–water partition coefficient (Wildman–Crippen LogP) is 1.67. The zero-order valence-corrected chi connectivity index (χ0v) is 16.8. The SMILES string of the molecule is Cl.O=C1CCC(=O)N1Cc1ccc(NC(=O)C2(n3cccn3)CCNCC2)cc1. The van der Waals surface area contributed by atoms with Gasteiger partial charge in [0.05, 0.1) is 6.54 Å². The third-order valence-electron chi connectivity index (χ3n) is 5.50. The Hall–Kier alpha value is -2.71. The van der Waals surface area contributed by atoms with E-state index in [0.29, 0.717) is 18.5 Å². The van der Waals surface area contributed by atoms with Crippen LogP contribution >= 0.6 is 12.4 Å². The maximum absolute atomic E-state index is 13.1. The first-order chi connectivity index (χ1) is 13.6. The van der Waals surface area contributed by atoms with Crippen LogP contribution in [-0.4, -0.2) is 45.5 Å². The highest BCUT2D eigenvalue weighted by atomic mass is 35.5. The number of nitrogens with zero attached hydrogens (tertiary/aromatic N) is 3. The van der Waals surface area contributed by atoms with Crippen molar-refractivity contribution in [3.8, 4) is 0 Å². The van der Waals surface area contributed by atoms with E-state index in [0.717, 1.165) is 18.7 Å². The average Bonchev–Trinajstić information content (AvgIpc) is 3.36. The van der Waals surface area contributed by atoms with E-state index >= 15 is 0 Å². The lowest BCUT2D eigenvalue weighted by Gasteiger charge is -2.36. The minimum absolute atomic E-state index is 0. The number of piperidine rings is 1. The smallest absolute Gasteiger partial charge is 0.252 e. The Morgan fingerprint density at radius 3 is 2.34 bits per heavy atom. The first-order valence-corrected chi connectivity index (χ1v) is 9.53. The number of benzene rings is 1. The monoisotopic (exact) mass is 417 g/mol. The van der Waals surface area contributed by atoms with Crippen molar-refractivity contribution in [1.29, 1.82) is 0 Å². The third-order valence-corrected chi connectivity index (χ3v) is 5.50. The number of nitrogens with one attached hydrogen (secondary N) is 2. The van der Waals surface area contributed by atoms with Crippen LogP contribution in [0, 0.1) is 0 Å². The molecule has 1 aromatic heterocycles. The van der Waals surface area contributed by atoms with Crippen molar-refractivity contribution < 1.29 is 14.4 Å². The molecule has 154 valence electrons. The lowest BCUT2D eigenvalue weighted by atomic mass is 9.87. The van der Waals surface area contributed by atoms with Crippen molar-refractivity contribution in [2.24, 2.45) is 0 Å². The lowest BCUT2D eigenvalue weighted by Crippen LogP contribution is -2.52. The van der Waals surface area contributed by atoms with E-state index in [1.54, 1.807) is 23.0 Å². The highest BCUT2D eigenvalue weighted by molar-refractivity contribution is 6.01. The molecule has 0 spiro atoms. The summed E-state index contributed by atoms with van der Waals surface area (Å²) in [5.74, 6) is -0.348. The third kappa shape index (κ3) is 4.18. The van der Waals surface area contributed by atoms with Crippen molar-refractivity contribution in [2.75, 3.05) is 18.4 Å². The molecule has 2 saturated heterocycles. The molecule has 2 fully saturated rings. The van der Waals surface area contributed by atoms with Gasteiger partial charge in [-0.3, -0.25) is 24.0 Å². The molecule has 2 N–H and O–H groups in total. The molecule has 29 heavy (non-hydrogen) atoms. The highest BCUT2D eigenvalue weighted by Gasteiger charge is 2.42. The van der Waals surface area contributed by atoms with Gasteiger partial charge >= 0.3 is 0 Å². The van der Waals surface area contributed by atoms with Crippen LogP contribution in [-0.2, 0) is 26.5 Å². The van der Waals surface area contributed by atoms with E-state index in [2.05, 4.69) is 15.7 Å². The molecule has 2 aliphatic heterocycles. The summed E-state index contributed by atoms with van der Waals surface area (Å²) < 4.78 is 1.75. The molecule has 9 heteroatoms. The minimum Gasteiger partial charge on any atom is -0.324 e. The molecule has 0 bridgehead atoms. The molecule has 3 heterocycles. The molecule has 2 aliphatic rings. The minimum atomic E-state index is -0.707. The second-order valence-electron chi connectivity index (χ2n) is 7.26. The molecule has 4 rings (SSSR count). The van der Waals surface area contributed by atoms with Gasteiger partial charge in [0, 0.05) is 30.9 Å². The van der Waals surface area contributed by atoms with Gasteiger partial charge in [-0.15, -0.1) is 12.4 Å². The van der Waals surface area contributed by atoms with E-state index in [1.807, 2.05) is 24.4 Å². The number of imide groups is 1. The number of rotatable bonds is 5. The van der Waals surface area contributed by atoms with Crippen LogP contribution < -0.4 is 10.6 Å². The first kappa shape index (κ1) is 21.0. The summed E-state index contributed by atoms with van der Waals surface area (Å²) in [5.41, 5.74) is 0.824. The Morgan fingerprint density at radius 1 is 1.10 bits per heavy atom. The Bertz CT molecular complexity index is 860. The second-order valence-corrected chi connectivity index (χ2v) is 7.26. The number of amides is 3. The number of halogens is 1. The number of carbonyl (C=O) groups is 3. The van der Waals surface area contributed by atoms with E-state index in [-0.39, 0.29) is 49.5 Å². The normalized spacial score (nSPS) is 18.4. The zero-order valence-electron chi connectivity index (χ0n) is 16.0. The van der Waals surface area contributed by atoms with Gasteiger partial charge in [-0.25, -0.2) is 0 Å². The maximum Gasteiger partial charge on any atom is 0.252 e. The van der Waals surface area contributed by atoms with E-state index < -0.39 is 5.54 Å². The molecule has 0 atom stereocenters. The molecular weight excluding hydrogens is 394 g/mol. The van der Waals surface area contributed by atoms with Gasteiger partial charge < -0.3 is 10.6 Å². The van der Waals surface area contributed by atoms with Crippen molar-refractivity contribution in [1.82, 2.24) is 20.0 Å². The van der Waals surface area contributed by atoms with Crippen LogP contribution in [0.5, 0.6) is 0 Å².